The fraction of sp³-hybridized carbons (Fsp3) is 0.231. The first kappa shape index (κ1) is 16.5. The van der Waals surface area contributed by atoms with Gasteiger partial charge in [0.1, 0.15) is 5.82 Å². The molecule has 134 valence electrons. The number of allylic oxidation sites excluding steroid dienone is 1. The van der Waals surface area contributed by atoms with Crippen LogP contribution >= 0.6 is 0 Å². The second-order valence-corrected chi connectivity index (χ2v) is 7.67. The zero-order valence-corrected chi connectivity index (χ0v) is 15.5. The molecule has 2 aliphatic carbocycles. The van der Waals surface area contributed by atoms with Crippen molar-refractivity contribution in [2.45, 2.75) is 38.5 Å². The van der Waals surface area contributed by atoms with Crippen molar-refractivity contribution in [2.24, 2.45) is 0 Å². The van der Waals surface area contributed by atoms with Gasteiger partial charge in [0.25, 0.3) is 0 Å². The molecule has 0 fully saturated rings. The molecule has 2 aliphatic rings. The molecule has 0 nitrogen and oxygen atoms in total. The highest BCUT2D eigenvalue weighted by Crippen LogP contribution is 2.39. The summed E-state index contributed by atoms with van der Waals surface area (Å²) in [4.78, 5) is 0. The Labute approximate surface area is 160 Å². The van der Waals surface area contributed by atoms with E-state index in [4.69, 9.17) is 0 Å². The van der Waals surface area contributed by atoms with Gasteiger partial charge in [-0.05, 0) is 95.2 Å². The lowest BCUT2D eigenvalue weighted by Gasteiger charge is -2.27. The van der Waals surface area contributed by atoms with E-state index in [0.717, 1.165) is 37.7 Å². The zero-order chi connectivity index (χ0) is 18.2. The Bertz CT molecular complexity index is 1040. The minimum Gasteiger partial charge on any atom is -0.207 e. The molecule has 0 spiro atoms. The molecule has 0 radical (unpaired) electrons. The lowest BCUT2D eigenvalue weighted by Crippen LogP contribution is -2.12. The number of halogens is 1. The van der Waals surface area contributed by atoms with Crippen molar-refractivity contribution in [3.05, 3.63) is 99.9 Å². The van der Waals surface area contributed by atoms with Gasteiger partial charge in [-0.15, -0.1) is 0 Å². The van der Waals surface area contributed by atoms with Crippen LogP contribution in [-0.2, 0) is 32.1 Å². The molecule has 3 aromatic rings. The van der Waals surface area contributed by atoms with E-state index in [2.05, 4.69) is 42.5 Å². The summed E-state index contributed by atoms with van der Waals surface area (Å²) in [6.07, 6.45) is 11.0. The molecule has 3 aromatic carbocycles. The predicted molar refractivity (Wildman–Crippen MR) is 110 cm³/mol. The number of aryl methyl sites for hydroxylation is 2. The fourth-order valence-corrected chi connectivity index (χ4v) is 4.78. The van der Waals surface area contributed by atoms with Crippen molar-refractivity contribution < 1.29 is 4.39 Å². The van der Waals surface area contributed by atoms with E-state index in [-0.39, 0.29) is 5.82 Å². The maximum Gasteiger partial charge on any atom is 0.123 e. The van der Waals surface area contributed by atoms with Crippen molar-refractivity contribution in [2.75, 3.05) is 0 Å². The summed E-state index contributed by atoms with van der Waals surface area (Å²) in [6, 6.07) is 18.3. The van der Waals surface area contributed by atoms with E-state index in [0.29, 0.717) is 0 Å². The second kappa shape index (κ2) is 6.81. The third kappa shape index (κ3) is 3.02. The minimum absolute atomic E-state index is 0.143. The Morgan fingerprint density at radius 1 is 0.741 bits per heavy atom. The topological polar surface area (TPSA) is 0 Å². The maximum absolute atomic E-state index is 13.5. The van der Waals surface area contributed by atoms with Gasteiger partial charge in [0.15, 0.2) is 0 Å². The van der Waals surface area contributed by atoms with E-state index in [1.807, 2.05) is 6.07 Å². The molecule has 5 rings (SSSR count). The summed E-state index contributed by atoms with van der Waals surface area (Å²) in [6.45, 7) is 0. The average Bonchev–Trinajstić information content (AvgIpc) is 2.71. The Kier molecular flexibility index (Phi) is 4.16. The molecule has 27 heavy (non-hydrogen) atoms. The highest BCUT2D eigenvalue weighted by Gasteiger charge is 2.22. The van der Waals surface area contributed by atoms with Gasteiger partial charge in [0, 0.05) is 0 Å². The van der Waals surface area contributed by atoms with Crippen LogP contribution in [0.15, 0.2) is 60.7 Å². The predicted octanol–water partition coefficient (Wildman–Crippen LogP) is 6.34. The summed E-state index contributed by atoms with van der Waals surface area (Å²) >= 11 is 0. The SMILES string of the molecule is Fc1cccc(CCc2cccc3c2CCc2c-3ccc3c2CCC=C3)c1. The third-order valence-corrected chi connectivity index (χ3v) is 6.09. The molecule has 0 aliphatic heterocycles. The van der Waals surface area contributed by atoms with Gasteiger partial charge in [-0.2, -0.15) is 0 Å². The number of fused-ring (bicyclic) bond motifs is 5. The molecule has 0 aromatic heterocycles. The Balaban J connectivity index is 1.50. The fourth-order valence-electron chi connectivity index (χ4n) is 4.78. The van der Waals surface area contributed by atoms with Crippen LogP contribution in [0, 0.1) is 5.82 Å². The van der Waals surface area contributed by atoms with Crippen LogP contribution in [0.25, 0.3) is 17.2 Å². The van der Waals surface area contributed by atoms with Crippen LogP contribution in [0.3, 0.4) is 0 Å². The summed E-state index contributed by atoms with van der Waals surface area (Å²) in [5.74, 6) is -0.143. The summed E-state index contributed by atoms with van der Waals surface area (Å²) < 4.78 is 13.5. The number of hydrogen-bond acceptors (Lipinski definition) is 0. The Morgan fingerprint density at radius 2 is 1.59 bits per heavy atom. The van der Waals surface area contributed by atoms with E-state index in [1.54, 1.807) is 23.3 Å². The van der Waals surface area contributed by atoms with Gasteiger partial charge in [0.2, 0.25) is 0 Å². The number of benzene rings is 3. The van der Waals surface area contributed by atoms with Crippen LogP contribution < -0.4 is 0 Å². The molecule has 0 N–H and O–H groups in total. The van der Waals surface area contributed by atoms with E-state index < -0.39 is 0 Å². The van der Waals surface area contributed by atoms with Crippen molar-refractivity contribution in [1.29, 1.82) is 0 Å². The summed E-state index contributed by atoms with van der Waals surface area (Å²) in [7, 11) is 0. The largest absolute Gasteiger partial charge is 0.207 e. The smallest absolute Gasteiger partial charge is 0.123 e. The minimum atomic E-state index is -0.143. The van der Waals surface area contributed by atoms with Gasteiger partial charge in [-0.1, -0.05) is 54.6 Å². The van der Waals surface area contributed by atoms with E-state index in [1.165, 1.54) is 40.3 Å². The molecule has 0 atom stereocenters. The summed E-state index contributed by atoms with van der Waals surface area (Å²) in [5, 5.41) is 0. The second-order valence-electron chi connectivity index (χ2n) is 7.67. The molecule has 0 saturated heterocycles. The van der Waals surface area contributed by atoms with Crippen LogP contribution in [0.2, 0.25) is 0 Å². The lowest BCUT2D eigenvalue weighted by molar-refractivity contribution is 0.625. The van der Waals surface area contributed by atoms with Gasteiger partial charge in [-0.3, -0.25) is 0 Å². The van der Waals surface area contributed by atoms with E-state index >= 15 is 0 Å². The monoisotopic (exact) mass is 354 g/mol. The van der Waals surface area contributed by atoms with Crippen molar-refractivity contribution in [3.63, 3.8) is 0 Å². The van der Waals surface area contributed by atoms with Gasteiger partial charge < -0.3 is 0 Å². The first-order chi connectivity index (χ1) is 13.3. The van der Waals surface area contributed by atoms with E-state index in [9.17, 15) is 4.39 Å². The highest BCUT2D eigenvalue weighted by molar-refractivity contribution is 5.78. The van der Waals surface area contributed by atoms with Crippen molar-refractivity contribution >= 4 is 6.08 Å². The van der Waals surface area contributed by atoms with Crippen LogP contribution in [0.4, 0.5) is 4.39 Å². The molecule has 0 unspecified atom stereocenters. The third-order valence-electron chi connectivity index (χ3n) is 6.09. The summed E-state index contributed by atoms with van der Waals surface area (Å²) in [5.41, 5.74) is 11.4. The molecule has 0 amide bonds. The number of rotatable bonds is 3. The first-order valence-corrected chi connectivity index (χ1v) is 9.96. The van der Waals surface area contributed by atoms with Crippen molar-refractivity contribution in [3.8, 4) is 11.1 Å². The van der Waals surface area contributed by atoms with Gasteiger partial charge in [-0.25, -0.2) is 4.39 Å². The Morgan fingerprint density at radius 3 is 2.52 bits per heavy atom. The average molecular weight is 354 g/mol. The highest BCUT2D eigenvalue weighted by atomic mass is 19.1. The Hall–Kier alpha value is -2.67. The molecular formula is C26H23F. The van der Waals surface area contributed by atoms with Gasteiger partial charge >= 0.3 is 0 Å². The molecular weight excluding hydrogens is 331 g/mol. The maximum atomic E-state index is 13.5. The van der Waals surface area contributed by atoms with Crippen LogP contribution in [-0.4, -0.2) is 0 Å². The lowest BCUT2D eigenvalue weighted by atomic mass is 9.78. The number of hydrogen-bond donors (Lipinski definition) is 0. The normalized spacial score (nSPS) is 14.4. The first-order valence-electron chi connectivity index (χ1n) is 9.96. The molecule has 0 heterocycles. The molecule has 1 heteroatoms. The van der Waals surface area contributed by atoms with Gasteiger partial charge in [0.05, 0.1) is 0 Å². The standard InChI is InChI=1S/C26H23F/c27-21-8-3-5-18(17-21)11-12-20-7-4-10-24-23(20)15-16-25-22-9-2-1-6-19(22)13-14-26(24)25/h1,3-8,10,13-14,17H,2,9,11-12,15-16H2. The molecule has 0 bridgehead atoms. The zero-order valence-electron chi connectivity index (χ0n) is 15.5. The van der Waals surface area contributed by atoms with Crippen LogP contribution in [0.1, 0.15) is 39.8 Å². The van der Waals surface area contributed by atoms with Crippen molar-refractivity contribution in [1.82, 2.24) is 0 Å². The quantitative estimate of drug-likeness (QED) is 0.515. The molecule has 0 saturated carbocycles. The van der Waals surface area contributed by atoms with Crippen LogP contribution in [0.5, 0.6) is 0 Å².